The molecule has 0 amide bonds. The number of ketones is 1. The maximum atomic E-state index is 9.98. The summed E-state index contributed by atoms with van der Waals surface area (Å²) in [5.41, 5.74) is 0. The van der Waals surface area contributed by atoms with E-state index in [4.69, 9.17) is 0 Å². The van der Waals surface area contributed by atoms with Crippen molar-refractivity contribution >= 4 is 23.1 Å². The molecular weight excluding hydrogens is 119 g/mol. The van der Waals surface area contributed by atoms with E-state index in [0.717, 1.165) is 6.08 Å². The maximum absolute atomic E-state index is 9.98. The Morgan fingerprint density at radius 3 is 1.88 bits per heavy atom. The molecule has 0 aromatic carbocycles. The van der Waals surface area contributed by atoms with Crippen LogP contribution in [-0.2, 0) is 4.79 Å². The number of carbonyl (C=O) groups excluding carboxylic acids is 1. The van der Waals surface area contributed by atoms with E-state index in [1.165, 1.54) is 13.8 Å². The van der Waals surface area contributed by atoms with E-state index in [9.17, 15) is 9.90 Å². The van der Waals surface area contributed by atoms with E-state index in [0.29, 0.717) is 0 Å². The zero-order valence-electron chi connectivity index (χ0n) is 4.97. The zero-order chi connectivity index (χ0) is 5.86. The third-order valence-electron chi connectivity index (χ3n) is 0.407. The van der Waals surface area contributed by atoms with Gasteiger partial charge in [-0.2, -0.15) is 0 Å². The Kier molecular flexibility index (Phi) is 6.53. The van der Waals surface area contributed by atoms with Crippen LogP contribution in [-0.4, -0.2) is 23.1 Å². The van der Waals surface area contributed by atoms with E-state index < -0.39 is 0 Å². The normalized spacial score (nSPS) is 10.0. The number of allylic oxidation sites excluding steroid dienone is 2. The first-order chi connectivity index (χ1) is 3.13. The fourth-order valence-corrected chi connectivity index (χ4v) is 0.286. The molecule has 0 radical (unpaired) electrons. The molecule has 0 fully saturated rings. The van der Waals surface area contributed by atoms with E-state index in [1.807, 2.05) is 0 Å². The van der Waals surface area contributed by atoms with E-state index >= 15 is 0 Å². The molecule has 0 saturated heterocycles. The molecular formula is C5H7AlO2+2. The Bertz CT molecular complexity index is 103. The second-order valence-electron chi connectivity index (χ2n) is 1.37. The van der Waals surface area contributed by atoms with Crippen molar-refractivity contribution in [3.8, 4) is 0 Å². The van der Waals surface area contributed by atoms with Crippen LogP contribution < -0.4 is 5.11 Å². The predicted molar refractivity (Wildman–Crippen MR) is 30.2 cm³/mol. The largest absolute Gasteiger partial charge is 3.00 e. The van der Waals surface area contributed by atoms with Crippen molar-refractivity contribution in [3.05, 3.63) is 11.8 Å². The molecule has 8 heavy (non-hydrogen) atoms. The van der Waals surface area contributed by atoms with Crippen molar-refractivity contribution in [2.24, 2.45) is 0 Å². The smallest absolute Gasteiger partial charge is 0.876 e. The second-order valence-corrected chi connectivity index (χ2v) is 1.37. The Balaban J connectivity index is 0. The SMILES string of the molecule is CC(=O)/C=C(\C)[O-].[Al+3]. The van der Waals surface area contributed by atoms with Crippen LogP contribution >= 0.6 is 0 Å². The first-order valence-corrected chi connectivity index (χ1v) is 1.99. The summed E-state index contributed by atoms with van der Waals surface area (Å²) >= 11 is 0. The zero-order valence-corrected chi connectivity index (χ0v) is 6.13. The number of hydrogen-bond acceptors (Lipinski definition) is 2. The Morgan fingerprint density at radius 1 is 1.50 bits per heavy atom. The summed E-state index contributed by atoms with van der Waals surface area (Å²) in [7, 11) is 0. The van der Waals surface area contributed by atoms with Crippen molar-refractivity contribution in [1.29, 1.82) is 0 Å². The van der Waals surface area contributed by atoms with Gasteiger partial charge in [0.25, 0.3) is 0 Å². The molecule has 0 spiro atoms. The van der Waals surface area contributed by atoms with Crippen molar-refractivity contribution in [2.45, 2.75) is 13.8 Å². The molecule has 2 nitrogen and oxygen atoms in total. The Labute approximate surface area is 59.3 Å². The van der Waals surface area contributed by atoms with Crippen LogP contribution in [0.5, 0.6) is 0 Å². The molecule has 0 bridgehead atoms. The molecule has 0 aliphatic heterocycles. The average molecular weight is 126 g/mol. The van der Waals surface area contributed by atoms with E-state index in [2.05, 4.69) is 0 Å². The Morgan fingerprint density at radius 2 is 1.88 bits per heavy atom. The molecule has 0 N–H and O–H groups in total. The minimum Gasteiger partial charge on any atom is -0.876 e. The summed E-state index contributed by atoms with van der Waals surface area (Å²) in [6.07, 6.45) is 1.06. The van der Waals surface area contributed by atoms with Crippen LogP contribution in [0.15, 0.2) is 11.8 Å². The van der Waals surface area contributed by atoms with Gasteiger partial charge in [0.05, 0.1) is 0 Å². The third-order valence-corrected chi connectivity index (χ3v) is 0.407. The molecule has 0 aliphatic carbocycles. The van der Waals surface area contributed by atoms with Gasteiger partial charge in [-0.25, -0.2) is 0 Å². The summed E-state index contributed by atoms with van der Waals surface area (Å²) in [6, 6.07) is 0. The van der Waals surface area contributed by atoms with Crippen molar-refractivity contribution in [2.75, 3.05) is 0 Å². The second kappa shape index (κ2) is 4.89. The number of hydrogen-bond donors (Lipinski definition) is 0. The molecule has 0 aromatic heterocycles. The van der Waals surface area contributed by atoms with Gasteiger partial charge in [-0.05, 0) is 13.0 Å². The van der Waals surface area contributed by atoms with Crippen LogP contribution in [0.3, 0.4) is 0 Å². The molecule has 0 aromatic rings. The van der Waals surface area contributed by atoms with Crippen molar-refractivity contribution in [1.82, 2.24) is 0 Å². The van der Waals surface area contributed by atoms with E-state index in [1.54, 1.807) is 0 Å². The van der Waals surface area contributed by atoms with Gasteiger partial charge >= 0.3 is 17.4 Å². The minimum atomic E-state index is -0.187. The summed E-state index contributed by atoms with van der Waals surface area (Å²) in [6.45, 7) is 2.70. The van der Waals surface area contributed by atoms with Gasteiger partial charge < -0.3 is 5.11 Å². The van der Waals surface area contributed by atoms with Crippen LogP contribution in [0, 0.1) is 0 Å². The Hall–Kier alpha value is -0.258. The van der Waals surface area contributed by atoms with Crippen LogP contribution in [0.25, 0.3) is 0 Å². The third kappa shape index (κ3) is 9.22. The summed E-state index contributed by atoms with van der Waals surface area (Å²) in [5, 5.41) is 9.98. The number of rotatable bonds is 1. The standard InChI is InChI=1S/C5H8O2.Al/c1-4(6)3-5(2)7;/h3,6H,1-2H3;/q;+3/p-1/b4-3+;. The van der Waals surface area contributed by atoms with Gasteiger partial charge in [0.15, 0.2) is 5.78 Å². The van der Waals surface area contributed by atoms with E-state index in [-0.39, 0.29) is 28.9 Å². The average Bonchev–Trinajstić information content (AvgIpc) is 1.27. The number of carbonyl (C=O) groups is 1. The molecule has 0 heterocycles. The first kappa shape index (κ1) is 10.7. The van der Waals surface area contributed by atoms with Gasteiger partial charge in [0.1, 0.15) is 0 Å². The van der Waals surface area contributed by atoms with Gasteiger partial charge in [0, 0.05) is 0 Å². The van der Waals surface area contributed by atoms with Crippen LogP contribution in [0.1, 0.15) is 13.8 Å². The summed E-state index contributed by atoms with van der Waals surface area (Å²) in [4.78, 5) is 9.98. The fraction of sp³-hybridized carbons (Fsp3) is 0.400. The van der Waals surface area contributed by atoms with Crippen LogP contribution in [0.2, 0.25) is 0 Å². The quantitative estimate of drug-likeness (QED) is 0.269. The molecule has 0 atom stereocenters. The molecule has 0 saturated carbocycles. The maximum Gasteiger partial charge on any atom is 3.00 e. The summed E-state index contributed by atoms with van der Waals surface area (Å²) < 4.78 is 0. The van der Waals surface area contributed by atoms with Gasteiger partial charge in [-0.15, -0.1) is 5.76 Å². The van der Waals surface area contributed by atoms with Gasteiger partial charge in [-0.3, -0.25) is 4.79 Å². The topological polar surface area (TPSA) is 40.1 Å². The monoisotopic (exact) mass is 126 g/mol. The van der Waals surface area contributed by atoms with Crippen molar-refractivity contribution in [3.63, 3.8) is 0 Å². The van der Waals surface area contributed by atoms with Gasteiger partial charge in [-0.1, -0.05) is 6.92 Å². The van der Waals surface area contributed by atoms with Gasteiger partial charge in [0.2, 0.25) is 0 Å². The molecule has 0 aliphatic rings. The molecule has 0 unspecified atom stereocenters. The summed E-state index contributed by atoms with van der Waals surface area (Å²) in [5.74, 6) is -0.375. The predicted octanol–water partition coefficient (Wildman–Crippen LogP) is -0.541. The van der Waals surface area contributed by atoms with Crippen LogP contribution in [0.4, 0.5) is 0 Å². The minimum absolute atomic E-state index is 0. The molecule has 3 heteroatoms. The molecule has 0 rings (SSSR count). The van der Waals surface area contributed by atoms with Crippen molar-refractivity contribution < 1.29 is 9.90 Å². The first-order valence-electron chi connectivity index (χ1n) is 1.99. The fourth-order valence-electron chi connectivity index (χ4n) is 0.286. The molecule has 40 valence electrons.